The number of unbranched alkanes of at least 4 members (excludes halogenated alkanes) is 1. The first-order chi connectivity index (χ1) is 14.3. The molecule has 0 bridgehead atoms. The van der Waals surface area contributed by atoms with Gasteiger partial charge in [-0.05, 0) is 49.9 Å². The fraction of sp³-hybridized carbons (Fsp3) is 0.391. The molecular weight excluding hydrogens is 392 g/mol. The van der Waals surface area contributed by atoms with Crippen molar-refractivity contribution in [2.75, 3.05) is 13.2 Å². The lowest BCUT2D eigenvalue weighted by Crippen LogP contribution is -2.07. The number of rotatable bonds is 10. The van der Waals surface area contributed by atoms with E-state index in [0.717, 1.165) is 0 Å². The topological polar surface area (TPSA) is 79.5 Å². The predicted octanol–water partition coefficient (Wildman–Crippen LogP) is 5.32. The lowest BCUT2D eigenvalue weighted by molar-refractivity contribution is 0.0965. The standard InChI is InChI=1S/C23H25F2NO4/c1-14(2)12-18(27)17-7-9-19(15(3)23(17)28)29-10-4-5-11-30-20-8-6-16(13-26)21(24)22(20)25/h6-9,14,28H,4-5,10-12H2,1-3H3. The molecule has 0 unspecified atom stereocenters. The fourth-order valence-corrected chi connectivity index (χ4v) is 2.84. The van der Waals surface area contributed by atoms with Gasteiger partial charge in [0.25, 0.3) is 0 Å². The van der Waals surface area contributed by atoms with Crippen LogP contribution in [0.5, 0.6) is 17.2 Å². The summed E-state index contributed by atoms with van der Waals surface area (Å²) in [7, 11) is 0. The number of halogens is 2. The Morgan fingerprint density at radius 3 is 2.27 bits per heavy atom. The summed E-state index contributed by atoms with van der Waals surface area (Å²) in [4.78, 5) is 12.2. The van der Waals surface area contributed by atoms with Crippen LogP contribution in [-0.2, 0) is 0 Å². The molecule has 5 nitrogen and oxygen atoms in total. The van der Waals surface area contributed by atoms with Crippen molar-refractivity contribution in [3.8, 4) is 23.3 Å². The van der Waals surface area contributed by atoms with Crippen molar-refractivity contribution in [3.63, 3.8) is 0 Å². The van der Waals surface area contributed by atoms with E-state index in [0.29, 0.717) is 42.7 Å². The SMILES string of the molecule is Cc1c(OCCCCOc2ccc(C#N)c(F)c2F)ccc(C(=O)CC(C)C)c1O. The molecule has 0 spiro atoms. The monoisotopic (exact) mass is 417 g/mol. The Morgan fingerprint density at radius 1 is 1.07 bits per heavy atom. The maximum atomic E-state index is 13.8. The lowest BCUT2D eigenvalue weighted by atomic mass is 9.98. The number of hydrogen-bond acceptors (Lipinski definition) is 5. The van der Waals surface area contributed by atoms with Gasteiger partial charge >= 0.3 is 0 Å². The van der Waals surface area contributed by atoms with Crippen molar-refractivity contribution in [1.82, 2.24) is 0 Å². The molecule has 160 valence electrons. The van der Waals surface area contributed by atoms with Crippen LogP contribution in [0.2, 0.25) is 0 Å². The average Bonchev–Trinajstić information content (AvgIpc) is 2.70. The molecule has 0 heterocycles. The Balaban J connectivity index is 1.82. The molecule has 1 N–H and O–H groups in total. The molecule has 0 aliphatic heterocycles. The van der Waals surface area contributed by atoms with Crippen LogP contribution in [0, 0.1) is 35.8 Å². The van der Waals surface area contributed by atoms with Crippen molar-refractivity contribution in [1.29, 1.82) is 5.26 Å². The second-order valence-electron chi connectivity index (χ2n) is 7.36. The zero-order valence-corrected chi connectivity index (χ0v) is 17.3. The summed E-state index contributed by atoms with van der Waals surface area (Å²) < 4.78 is 38.2. The number of phenols is 1. The highest BCUT2D eigenvalue weighted by atomic mass is 19.2. The van der Waals surface area contributed by atoms with Gasteiger partial charge in [-0.2, -0.15) is 9.65 Å². The highest BCUT2D eigenvalue weighted by Crippen LogP contribution is 2.32. The number of nitriles is 1. The van der Waals surface area contributed by atoms with Crippen molar-refractivity contribution < 1.29 is 28.2 Å². The average molecular weight is 417 g/mol. The molecule has 2 rings (SSSR count). The summed E-state index contributed by atoms with van der Waals surface area (Å²) in [6.07, 6.45) is 1.46. The summed E-state index contributed by atoms with van der Waals surface area (Å²) in [5.74, 6) is -2.14. The van der Waals surface area contributed by atoms with E-state index in [1.54, 1.807) is 25.1 Å². The Hall–Kier alpha value is -3.14. The van der Waals surface area contributed by atoms with Crippen molar-refractivity contribution in [2.24, 2.45) is 5.92 Å². The molecule has 30 heavy (non-hydrogen) atoms. The van der Waals surface area contributed by atoms with Gasteiger partial charge in [-0.25, -0.2) is 4.39 Å². The molecule has 0 radical (unpaired) electrons. The molecule has 0 fully saturated rings. The van der Waals surface area contributed by atoms with E-state index in [4.69, 9.17) is 14.7 Å². The number of aromatic hydroxyl groups is 1. The molecule has 2 aromatic rings. The van der Waals surface area contributed by atoms with Gasteiger partial charge in [-0.1, -0.05) is 13.8 Å². The molecule has 0 aromatic heterocycles. The number of ether oxygens (including phenoxy) is 2. The van der Waals surface area contributed by atoms with Crippen molar-refractivity contribution in [3.05, 3.63) is 52.6 Å². The van der Waals surface area contributed by atoms with Crippen LogP contribution < -0.4 is 9.47 Å². The van der Waals surface area contributed by atoms with Crippen LogP contribution in [0.15, 0.2) is 24.3 Å². The number of benzene rings is 2. The molecule has 0 saturated carbocycles. The smallest absolute Gasteiger partial charge is 0.201 e. The second-order valence-corrected chi connectivity index (χ2v) is 7.36. The Labute approximate surface area is 174 Å². The van der Waals surface area contributed by atoms with E-state index in [9.17, 15) is 18.7 Å². The van der Waals surface area contributed by atoms with Gasteiger partial charge in [0.05, 0.1) is 24.3 Å². The van der Waals surface area contributed by atoms with E-state index in [1.807, 2.05) is 13.8 Å². The first-order valence-electron chi connectivity index (χ1n) is 9.75. The predicted molar refractivity (Wildman–Crippen MR) is 108 cm³/mol. The van der Waals surface area contributed by atoms with Crippen LogP contribution in [0.4, 0.5) is 8.78 Å². The zero-order valence-electron chi connectivity index (χ0n) is 17.3. The third-order valence-corrected chi connectivity index (χ3v) is 4.50. The first kappa shape index (κ1) is 23.1. The molecule has 2 aromatic carbocycles. The molecule has 0 atom stereocenters. The third kappa shape index (κ3) is 5.69. The number of carbonyl (C=O) groups excluding carboxylic acids is 1. The quantitative estimate of drug-likeness (QED) is 0.418. The summed E-state index contributed by atoms with van der Waals surface area (Å²) in [6.45, 7) is 6.04. The van der Waals surface area contributed by atoms with Gasteiger partial charge in [-0.3, -0.25) is 4.79 Å². The third-order valence-electron chi connectivity index (χ3n) is 4.50. The highest BCUT2D eigenvalue weighted by Gasteiger charge is 2.17. The van der Waals surface area contributed by atoms with Crippen LogP contribution in [-0.4, -0.2) is 24.1 Å². The van der Waals surface area contributed by atoms with Crippen molar-refractivity contribution >= 4 is 5.78 Å². The Bertz CT molecular complexity index is 951. The van der Waals surface area contributed by atoms with E-state index >= 15 is 0 Å². The van der Waals surface area contributed by atoms with Crippen LogP contribution >= 0.6 is 0 Å². The summed E-state index contributed by atoms with van der Waals surface area (Å²) >= 11 is 0. The number of hydrogen-bond donors (Lipinski definition) is 1. The first-order valence-corrected chi connectivity index (χ1v) is 9.75. The Morgan fingerprint density at radius 2 is 1.67 bits per heavy atom. The molecular formula is C23H25F2NO4. The van der Waals surface area contributed by atoms with Crippen LogP contribution in [0.25, 0.3) is 0 Å². The number of carbonyl (C=O) groups is 1. The van der Waals surface area contributed by atoms with Crippen LogP contribution in [0.3, 0.4) is 0 Å². The van der Waals surface area contributed by atoms with Gasteiger partial charge in [0.2, 0.25) is 5.82 Å². The van der Waals surface area contributed by atoms with Crippen molar-refractivity contribution in [2.45, 2.75) is 40.0 Å². The summed E-state index contributed by atoms with van der Waals surface area (Å²) in [5.41, 5.74) is 0.415. The normalized spacial score (nSPS) is 10.7. The molecule has 0 aliphatic carbocycles. The summed E-state index contributed by atoms with van der Waals surface area (Å²) in [6, 6.07) is 7.18. The van der Waals surface area contributed by atoms with E-state index < -0.39 is 11.6 Å². The van der Waals surface area contributed by atoms with E-state index in [2.05, 4.69) is 0 Å². The minimum Gasteiger partial charge on any atom is -0.507 e. The van der Waals surface area contributed by atoms with Gasteiger partial charge < -0.3 is 14.6 Å². The number of nitrogens with zero attached hydrogens (tertiary/aromatic N) is 1. The van der Waals surface area contributed by atoms with E-state index in [-0.39, 0.29) is 35.4 Å². The van der Waals surface area contributed by atoms with Gasteiger partial charge in [0.15, 0.2) is 17.3 Å². The second kappa shape index (κ2) is 10.6. The van der Waals surface area contributed by atoms with Crippen LogP contribution in [0.1, 0.15) is 54.6 Å². The Kier molecular flexibility index (Phi) is 8.16. The minimum atomic E-state index is -1.22. The minimum absolute atomic E-state index is 0.0696. The highest BCUT2D eigenvalue weighted by molar-refractivity contribution is 5.99. The number of phenolic OH excluding ortho intramolecular Hbond substituents is 1. The molecule has 0 saturated heterocycles. The van der Waals surface area contributed by atoms with Gasteiger partial charge in [0, 0.05) is 12.0 Å². The largest absolute Gasteiger partial charge is 0.507 e. The number of Topliss-reactive ketones (excluding diaryl/α,β-unsaturated/α-hetero) is 1. The molecule has 0 amide bonds. The molecule has 0 aliphatic rings. The maximum absolute atomic E-state index is 13.8. The number of ketones is 1. The van der Waals surface area contributed by atoms with Gasteiger partial charge in [0.1, 0.15) is 17.6 Å². The summed E-state index contributed by atoms with van der Waals surface area (Å²) in [5, 5.41) is 19.0. The van der Waals surface area contributed by atoms with Gasteiger partial charge in [-0.15, -0.1) is 0 Å². The van der Waals surface area contributed by atoms with E-state index in [1.165, 1.54) is 12.1 Å². The maximum Gasteiger partial charge on any atom is 0.201 e. The lowest BCUT2D eigenvalue weighted by Gasteiger charge is -2.13. The fourth-order valence-electron chi connectivity index (χ4n) is 2.84. The molecule has 7 heteroatoms. The zero-order chi connectivity index (χ0) is 22.3.